The van der Waals surface area contributed by atoms with Gasteiger partial charge >= 0.3 is 5.97 Å². The van der Waals surface area contributed by atoms with E-state index in [1.807, 2.05) is 42.7 Å². The number of alkyl halides is 2. The minimum atomic E-state index is -1.21. The second kappa shape index (κ2) is 10.3. The summed E-state index contributed by atoms with van der Waals surface area (Å²) in [5, 5.41) is 9.82. The van der Waals surface area contributed by atoms with Gasteiger partial charge < -0.3 is 9.67 Å². The second-order valence-electron chi connectivity index (χ2n) is 7.76. The summed E-state index contributed by atoms with van der Waals surface area (Å²) in [7, 11) is 0. The standard InChI is InChI=1S/C24H26Cl2N2O3/c1-16(2)28-15-21(24(30)31)23(29)20-7-6-19(13-22(20)28)18-5-3-4-17(12-18)14-27(10-8-25)11-9-26/h3-7,12-13,15-16H,8-11,14H2,1-2H3,(H,30,31). The van der Waals surface area contributed by atoms with Crippen LogP contribution in [0.5, 0.6) is 0 Å². The summed E-state index contributed by atoms with van der Waals surface area (Å²) >= 11 is 11.8. The first-order valence-electron chi connectivity index (χ1n) is 10.2. The molecule has 7 heteroatoms. The lowest BCUT2D eigenvalue weighted by Crippen LogP contribution is -2.27. The van der Waals surface area contributed by atoms with Crippen molar-refractivity contribution in [2.45, 2.75) is 26.4 Å². The van der Waals surface area contributed by atoms with Crippen molar-refractivity contribution in [3.63, 3.8) is 0 Å². The highest BCUT2D eigenvalue weighted by Crippen LogP contribution is 2.26. The van der Waals surface area contributed by atoms with E-state index in [1.165, 1.54) is 6.20 Å². The number of hydrogen-bond acceptors (Lipinski definition) is 3. The van der Waals surface area contributed by atoms with Gasteiger partial charge in [-0.15, -0.1) is 23.2 Å². The molecule has 0 spiro atoms. The third-order valence-electron chi connectivity index (χ3n) is 5.29. The fourth-order valence-corrected chi connectivity index (χ4v) is 4.20. The van der Waals surface area contributed by atoms with Gasteiger partial charge in [-0.1, -0.05) is 24.3 Å². The Morgan fingerprint density at radius 1 is 1.06 bits per heavy atom. The van der Waals surface area contributed by atoms with Gasteiger partial charge in [0.25, 0.3) is 0 Å². The molecule has 164 valence electrons. The summed E-state index contributed by atoms with van der Waals surface area (Å²) in [6.07, 6.45) is 1.44. The Kier molecular flexibility index (Phi) is 7.76. The van der Waals surface area contributed by atoms with Crippen molar-refractivity contribution in [2.75, 3.05) is 24.8 Å². The van der Waals surface area contributed by atoms with E-state index in [4.69, 9.17) is 23.2 Å². The molecule has 0 aliphatic rings. The highest BCUT2D eigenvalue weighted by atomic mass is 35.5. The van der Waals surface area contributed by atoms with Crippen molar-refractivity contribution < 1.29 is 9.90 Å². The van der Waals surface area contributed by atoms with Crippen LogP contribution < -0.4 is 5.43 Å². The van der Waals surface area contributed by atoms with Crippen LogP contribution in [-0.2, 0) is 6.54 Å². The SMILES string of the molecule is CC(C)n1cc(C(=O)O)c(=O)c2ccc(-c3cccc(CN(CCCl)CCCl)c3)cc21. The van der Waals surface area contributed by atoms with Crippen LogP contribution in [0.15, 0.2) is 53.5 Å². The zero-order chi connectivity index (χ0) is 22.5. The first-order chi connectivity index (χ1) is 14.8. The minimum absolute atomic E-state index is 0.00227. The highest BCUT2D eigenvalue weighted by molar-refractivity contribution is 6.18. The molecule has 2 aromatic carbocycles. The van der Waals surface area contributed by atoms with E-state index < -0.39 is 11.4 Å². The fraction of sp³-hybridized carbons (Fsp3) is 0.333. The number of fused-ring (bicyclic) bond motifs is 1. The number of nitrogens with zero attached hydrogens (tertiary/aromatic N) is 2. The Balaban J connectivity index is 2.06. The maximum absolute atomic E-state index is 12.7. The van der Waals surface area contributed by atoms with Crippen molar-refractivity contribution in [1.82, 2.24) is 9.47 Å². The first-order valence-corrected chi connectivity index (χ1v) is 11.3. The Bertz CT molecular complexity index is 1140. The number of hydrogen-bond donors (Lipinski definition) is 1. The van der Waals surface area contributed by atoms with Crippen molar-refractivity contribution >= 4 is 40.1 Å². The van der Waals surface area contributed by atoms with Crippen LogP contribution in [0, 0.1) is 0 Å². The predicted octanol–water partition coefficient (Wildman–Crippen LogP) is 5.23. The van der Waals surface area contributed by atoms with E-state index in [0.29, 0.717) is 17.1 Å². The molecule has 31 heavy (non-hydrogen) atoms. The van der Waals surface area contributed by atoms with Crippen molar-refractivity contribution in [2.24, 2.45) is 0 Å². The maximum atomic E-state index is 12.7. The summed E-state index contributed by atoms with van der Waals surface area (Å²) in [6, 6.07) is 13.8. The molecule has 3 rings (SSSR count). The topological polar surface area (TPSA) is 62.5 Å². The molecule has 1 N–H and O–H groups in total. The zero-order valence-electron chi connectivity index (χ0n) is 17.6. The van der Waals surface area contributed by atoms with Gasteiger partial charge in [-0.2, -0.15) is 0 Å². The Hall–Kier alpha value is -2.34. The Morgan fingerprint density at radius 3 is 2.35 bits per heavy atom. The van der Waals surface area contributed by atoms with Crippen LogP contribution in [0.1, 0.15) is 35.8 Å². The van der Waals surface area contributed by atoms with Gasteiger partial charge in [0.15, 0.2) is 0 Å². The normalized spacial score (nSPS) is 11.5. The first kappa shape index (κ1) is 23.3. The molecule has 0 aliphatic carbocycles. The van der Waals surface area contributed by atoms with E-state index in [-0.39, 0.29) is 11.6 Å². The van der Waals surface area contributed by atoms with Crippen molar-refractivity contribution in [3.05, 3.63) is 70.0 Å². The molecule has 1 heterocycles. The minimum Gasteiger partial charge on any atom is -0.477 e. The van der Waals surface area contributed by atoms with Crippen LogP contribution in [0.2, 0.25) is 0 Å². The van der Waals surface area contributed by atoms with Gasteiger partial charge in [0, 0.05) is 49.0 Å². The molecule has 0 bridgehead atoms. The van der Waals surface area contributed by atoms with Crippen LogP contribution in [-0.4, -0.2) is 45.4 Å². The molecule has 1 aromatic heterocycles. The number of carboxylic acid groups (broad SMARTS) is 1. The van der Waals surface area contributed by atoms with E-state index in [1.54, 1.807) is 6.07 Å². The maximum Gasteiger partial charge on any atom is 0.341 e. The third kappa shape index (κ3) is 5.29. The lowest BCUT2D eigenvalue weighted by molar-refractivity contribution is 0.0694. The number of aromatic nitrogens is 1. The summed E-state index contributed by atoms with van der Waals surface area (Å²) in [4.78, 5) is 26.4. The number of carbonyl (C=O) groups is 1. The number of carboxylic acids is 1. The van der Waals surface area contributed by atoms with E-state index >= 15 is 0 Å². The van der Waals surface area contributed by atoms with Crippen molar-refractivity contribution in [3.8, 4) is 11.1 Å². The molecule has 0 aliphatic heterocycles. The second-order valence-corrected chi connectivity index (χ2v) is 8.52. The zero-order valence-corrected chi connectivity index (χ0v) is 19.2. The Labute approximate surface area is 191 Å². The van der Waals surface area contributed by atoms with Gasteiger partial charge in [0.2, 0.25) is 5.43 Å². The van der Waals surface area contributed by atoms with Crippen molar-refractivity contribution in [1.29, 1.82) is 0 Å². The molecule has 0 unspecified atom stereocenters. The molecule has 3 aromatic rings. The van der Waals surface area contributed by atoms with E-state index in [0.717, 1.165) is 41.8 Å². The lowest BCUT2D eigenvalue weighted by Gasteiger charge is -2.20. The van der Waals surface area contributed by atoms with Gasteiger partial charge in [0.1, 0.15) is 5.56 Å². The summed E-state index contributed by atoms with van der Waals surface area (Å²) < 4.78 is 1.84. The lowest BCUT2D eigenvalue weighted by atomic mass is 10.00. The fourth-order valence-electron chi connectivity index (χ4n) is 3.73. The average molecular weight is 461 g/mol. The van der Waals surface area contributed by atoms with Gasteiger partial charge in [0.05, 0.1) is 5.52 Å². The number of halogens is 2. The van der Waals surface area contributed by atoms with Gasteiger partial charge in [-0.25, -0.2) is 4.79 Å². The van der Waals surface area contributed by atoms with Gasteiger partial charge in [-0.3, -0.25) is 9.69 Å². The molecule has 5 nitrogen and oxygen atoms in total. The largest absolute Gasteiger partial charge is 0.477 e. The highest BCUT2D eigenvalue weighted by Gasteiger charge is 2.16. The molecule has 0 saturated carbocycles. The monoisotopic (exact) mass is 460 g/mol. The van der Waals surface area contributed by atoms with E-state index in [2.05, 4.69) is 17.0 Å². The average Bonchev–Trinajstić information content (AvgIpc) is 2.74. The van der Waals surface area contributed by atoms with Crippen LogP contribution in [0.4, 0.5) is 0 Å². The van der Waals surface area contributed by atoms with Gasteiger partial charge in [-0.05, 0) is 48.7 Å². The third-order valence-corrected chi connectivity index (χ3v) is 5.63. The number of rotatable bonds is 9. The van der Waals surface area contributed by atoms with Crippen LogP contribution in [0.3, 0.4) is 0 Å². The Morgan fingerprint density at radius 2 is 1.74 bits per heavy atom. The summed E-state index contributed by atoms with van der Waals surface area (Å²) in [5.74, 6) is -0.116. The number of aromatic carboxylic acids is 1. The van der Waals surface area contributed by atoms with Crippen LogP contribution >= 0.6 is 23.2 Å². The van der Waals surface area contributed by atoms with Crippen LogP contribution in [0.25, 0.3) is 22.0 Å². The molecule has 0 radical (unpaired) electrons. The smallest absolute Gasteiger partial charge is 0.341 e. The number of pyridine rings is 1. The number of benzene rings is 2. The molecular weight excluding hydrogens is 435 g/mol. The molecule has 0 fully saturated rings. The van der Waals surface area contributed by atoms with E-state index in [9.17, 15) is 14.7 Å². The molecule has 0 saturated heterocycles. The summed E-state index contributed by atoms with van der Waals surface area (Å²) in [6.45, 7) is 6.21. The molecule has 0 atom stereocenters. The molecular formula is C24H26Cl2N2O3. The summed E-state index contributed by atoms with van der Waals surface area (Å²) in [5.41, 5.74) is 3.19. The quantitative estimate of drug-likeness (QED) is 0.444. The predicted molar refractivity (Wildman–Crippen MR) is 128 cm³/mol. The molecule has 0 amide bonds.